The Bertz CT molecular complexity index is 259. The third kappa shape index (κ3) is 1.75. The number of ether oxygens (including phenoxy) is 3. The minimum atomic E-state index is -0.384. The van der Waals surface area contributed by atoms with Gasteiger partial charge in [-0.1, -0.05) is 0 Å². The summed E-state index contributed by atoms with van der Waals surface area (Å²) in [5, 5.41) is 0. The summed E-state index contributed by atoms with van der Waals surface area (Å²) in [5.74, 6) is 0.150. The molecule has 4 nitrogen and oxygen atoms in total. The fourth-order valence-electron chi connectivity index (χ4n) is 1.74. The molecule has 0 aromatic carbocycles. The molecule has 0 amide bonds. The maximum Gasteiger partial charge on any atom is 0.373 e. The summed E-state index contributed by atoms with van der Waals surface area (Å²) in [6, 6.07) is 0. The number of hydrogen-bond acceptors (Lipinski definition) is 4. The van der Waals surface area contributed by atoms with Crippen LogP contribution in [0, 0.1) is 5.92 Å². The van der Waals surface area contributed by atoms with Crippen LogP contribution >= 0.6 is 0 Å². The average molecular weight is 198 g/mol. The second-order valence-electron chi connectivity index (χ2n) is 3.41. The van der Waals surface area contributed by atoms with Crippen LogP contribution in [0.5, 0.6) is 0 Å². The lowest BCUT2D eigenvalue weighted by Gasteiger charge is -2.23. The van der Waals surface area contributed by atoms with Gasteiger partial charge in [-0.2, -0.15) is 0 Å². The van der Waals surface area contributed by atoms with Crippen LogP contribution in [0.25, 0.3) is 0 Å². The van der Waals surface area contributed by atoms with Gasteiger partial charge in [0, 0.05) is 5.92 Å². The highest BCUT2D eigenvalue weighted by atomic mass is 16.7. The molecule has 2 rings (SSSR count). The van der Waals surface area contributed by atoms with E-state index < -0.39 is 0 Å². The minimum absolute atomic E-state index is 0.225. The van der Waals surface area contributed by atoms with E-state index >= 15 is 0 Å². The smallest absolute Gasteiger partial charge is 0.373 e. The standard InChI is InChI=1S/C10H14O4/c1-2-12-9(11)8-6-7-4-3-5-13-10(7)14-8/h6-7,10H,2-5H2,1H3. The van der Waals surface area contributed by atoms with Crippen molar-refractivity contribution >= 4 is 5.97 Å². The molecule has 2 unspecified atom stereocenters. The second kappa shape index (κ2) is 4.00. The molecule has 0 saturated carbocycles. The van der Waals surface area contributed by atoms with E-state index in [-0.39, 0.29) is 18.2 Å². The summed E-state index contributed by atoms with van der Waals surface area (Å²) in [6.07, 6.45) is 3.61. The van der Waals surface area contributed by atoms with E-state index in [2.05, 4.69) is 0 Å². The van der Waals surface area contributed by atoms with Crippen LogP contribution in [-0.4, -0.2) is 25.5 Å². The van der Waals surface area contributed by atoms with E-state index in [1.54, 1.807) is 6.92 Å². The average Bonchev–Trinajstić information content (AvgIpc) is 2.61. The van der Waals surface area contributed by atoms with E-state index in [0.29, 0.717) is 19.0 Å². The lowest BCUT2D eigenvalue weighted by atomic mass is 10.0. The Morgan fingerprint density at radius 3 is 3.29 bits per heavy atom. The molecule has 0 aliphatic carbocycles. The van der Waals surface area contributed by atoms with Crippen molar-refractivity contribution in [3.8, 4) is 0 Å². The number of fused-ring (bicyclic) bond motifs is 1. The Kier molecular flexibility index (Phi) is 2.72. The Balaban J connectivity index is 1.98. The lowest BCUT2D eigenvalue weighted by molar-refractivity contribution is -0.163. The first-order valence-electron chi connectivity index (χ1n) is 4.98. The Hall–Kier alpha value is -1.03. The van der Waals surface area contributed by atoms with Crippen LogP contribution in [0.1, 0.15) is 19.8 Å². The van der Waals surface area contributed by atoms with Crippen LogP contribution < -0.4 is 0 Å². The van der Waals surface area contributed by atoms with Gasteiger partial charge in [0.15, 0.2) is 0 Å². The van der Waals surface area contributed by atoms with E-state index in [1.807, 2.05) is 6.08 Å². The summed E-state index contributed by atoms with van der Waals surface area (Å²) in [7, 11) is 0. The van der Waals surface area contributed by atoms with Gasteiger partial charge in [0.1, 0.15) is 0 Å². The zero-order valence-electron chi connectivity index (χ0n) is 8.19. The molecule has 2 heterocycles. The topological polar surface area (TPSA) is 44.8 Å². The van der Waals surface area contributed by atoms with Crippen LogP contribution in [0.3, 0.4) is 0 Å². The molecule has 4 heteroatoms. The number of rotatable bonds is 2. The number of carbonyl (C=O) groups is 1. The second-order valence-corrected chi connectivity index (χ2v) is 3.41. The predicted octanol–water partition coefficient (Wildman–Crippen LogP) is 1.22. The molecule has 0 N–H and O–H groups in total. The number of esters is 1. The van der Waals surface area contributed by atoms with E-state index in [1.165, 1.54) is 0 Å². The first-order valence-corrected chi connectivity index (χ1v) is 4.98. The van der Waals surface area contributed by atoms with Crippen LogP contribution in [0.2, 0.25) is 0 Å². The van der Waals surface area contributed by atoms with Crippen molar-refractivity contribution in [1.29, 1.82) is 0 Å². The minimum Gasteiger partial charge on any atom is -0.460 e. The van der Waals surface area contributed by atoms with Crippen LogP contribution in [-0.2, 0) is 19.0 Å². The first kappa shape index (κ1) is 9.52. The van der Waals surface area contributed by atoms with Crippen LogP contribution in [0.4, 0.5) is 0 Å². The monoisotopic (exact) mass is 198 g/mol. The van der Waals surface area contributed by atoms with Crippen LogP contribution in [0.15, 0.2) is 11.8 Å². The van der Waals surface area contributed by atoms with Gasteiger partial charge in [-0.25, -0.2) is 4.79 Å². The highest BCUT2D eigenvalue weighted by molar-refractivity contribution is 5.86. The summed E-state index contributed by atoms with van der Waals surface area (Å²) < 4.78 is 15.6. The Labute approximate surface area is 82.8 Å². The zero-order valence-corrected chi connectivity index (χ0v) is 8.19. The quantitative estimate of drug-likeness (QED) is 0.626. The van der Waals surface area contributed by atoms with Crippen molar-refractivity contribution in [2.45, 2.75) is 26.1 Å². The highest BCUT2D eigenvalue weighted by Crippen LogP contribution is 2.31. The van der Waals surface area contributed by atoms with Crippen molar-refractivity contribution in [3.63, 3.8) is 0 Å². The maximum absolute atomic E-state index is 11.3. The van der Waals surface area contributed by atoms with E-state index in [9.17, 15) is 4.79 Å². The largest absolute Gasteiger partial charge is 0.460 e. The molecule has 14 heavy (non-hydrogen) atoms. The molecule has 1 fully saturated rings. The molecular weight excluding hydrogens is 184 g/mol. The molecule has 78 valence electrons. The molecular formula is C10H14O4. The SMILES string of the molecule is CCOC(=O)C1=CC2CCCOC2O1. The third-order valence-electron chi connectivity index (χ3n) is 2.40. The van der Waals surface area contributed by atoms with Gasteiger partial charge in [-0.15, -0.1) is 0 Å². The summed E-state index contributed by atoms with van der Waals surface area (Å²) in [4.78, 5) is 11.3. The van der Waals surface area contributed by atoms with Crippen molar-refractivity contribution in [2.24, 2.45) is 5.92 Å². The predicted molar refractivity (Wildman–Crippen MR) is 48.3 cm³/mol. The fraction of sp³-hybridized carbons (Fsp3) is 0.700. The normalized spacial score (nSPS) is 30.2. The van der Waals surface area contributed by atoms with E-state index in [4.69, 9.17) is 14.2 Å². The number of carbonyl (C=O) groups excluding carboxylic acids is 1. The summed E-state index contributed by atoms with van der Waals surface area (Å²) in [6.45, 7) is 2.86. The molecule has 0 radical (unpaired) electrons. The number of hydrogen-bond donors (Lipinski definition) is 0. The fourth-order valence-corrected chi connectivity index (χ4v) is 1.74. The Morgan fingerprint density at radius 2 is 2.57 bits per heavy atom. The highest BCUT2D eigenvalue weighted by Gasteiger charge is 2.35. The maximum atomic E-state index is 11.3. The van der Waals surface area contributed by atoms with Gasteiger partial charge >= 0.3 is 5.97 Å². The molecule has 0 aromatic rings. The molecule has 2 atom stereocenters. The zero-order chi connectivity index (χ0) is 9.97. The van der Waals surface area contributed by atoms with Crippen molar-refractivity contribution < 1.29 is 19.0 Å². The molecule has 2 aliphatic heterocycles. The van der Waals surface area contributed by atoms with Crippen molar-refractivity contribution in [3.05, 3.63) is 11.8 Å². The summed E-state index contributed by atoms with van der Waals surface area (Å²) >= 11 is 0. The van der Waals surface area contributed by atoms with Crippen molar-refractivity contribution in [2.75, 3.05) is 13.2 Å². The molecule has 1 saturated heterocycles. The molecule has 0 spiro atoms. The van der Waals surface area contributed by atoms with Gasteiger partial charge in [-0.05, 0) is 25.8 Å². The van der Waals surface area contributed by atoms with E-state index in [0.717, 1.165) is 12.8 Å². The van der Waals surface area contributed by atoms with Gasteiger partial charge in [0.05, 0.1) is 13.2 Å². The molecule has 2 aliphatic rings. The third-order valence-corrected chi connectivity index (χ3v) is 2.40. The first-order chi connectivity index (χ1) is 6.81. The molecule has 0 aromatic heterocycles. The van der Waals surface area contributed by atoms with Crippen molar-refractivity contribution in [1.82, 2.24) is 0 Å². The van der Waals surface area contributed by atoms with Gasteiger partial charge in [-0.3, -0.25) is 0 Å². The summed E-state index contributed by atoms with van der Waals surface area (Å²) in [5.41, 5.74) is 0. The van der Waals surface area contributed by atoms with Gasteiger partial charge in [0.2, 0.25) is 12.0 Å². The van der Waals surface area contributed by atoms with Gasteiger partial charge < -0.3 is 14.2 Å². The Morgan fingerprint density at radius 1 is 1.71 bits per heavy atom. The molecule has 0 bridgehead atoms. The lowest BCUT2D eigenvalue weighted by Crippen LogP contribution is -2.26. The van der Waals surface area contributed by atoms with Gasteiger partial charge in [0.25, 0.3) is 0 Å².